The van der Waals surface area contributed by atoms with E-state index in [4.69, 9.17) is 0 Å². The minimum Gasteiger partial charge on any atom is -0.480 e. The second kappa shape index (κ2) is 6.36. The lowest BCUT2D eigenvalue weighted by atomic mass is 9.87. The highest BCUT2D eigenvalue weighted by molar-refractivity contribution is 5.83. The molecule has 6 heteroatoms. The van der Waals surface area contributed by atoms with Crippen LogP contribution in [-0.4, -0.2) is 40.1 Å². The van der Waals surface area contributed by atoms with Crippen molar-refractivity contribution in [3.63, 3.8) is 0 Å². The van der Waals surface area contributed by atoms with Crippen molar-refractivity contribution in [3.8, 4) is 0 Å². The molecule has 0 aliphatic heterocycles. The van der Waals surface area contributed by atoms with Gasteiger partial charge in [0.25, 0.3) is 0 Å². The summed E-state index contributed by atoms with van der Waals surface area (Å²) in [6, 6.07) is 2.29. The molecule has 0 aliphatic rings. The Morgan fingerprint density at radius 3 is 2.55 bits per heavy atom. The Morgan fingerprint density at radius 1 is 1.45 bits per heavy atom. The van der Waals surface area contributed by atoms with Crippen molar-refractivity contribution in [3.05, 3.63) is 30.1 Å². The molecule has 1 rings (SSSR count). The van der Waals surface area contributed by atoms with Crippen LogP contribution in [0.2, 0.25) is 0 Å². The number of carboxylic acids is 1. The number of carboxylic acid groups (broad SMARTS) is 1. The van der Waals surface area contributed by atoms with E-state index in [1.807, 2.05) is 6.07 Å². The minimum absolute atomic E-state index is 0.371. The predicted molar refractivity (Wildman–Crippen MR) is 75.1 cm³/mol. The molecule has 0 aliphatic carbocycles. The normalized spacial score (nSPS) is 12.6. The Hall–Kier alpha value is -2.11. The molecule has 2 amide bonds. The number of carbonyl (C=O) groups excluding carboxylic acids is 1. The number of amides is 2. The molecule has 0 saturated carbocycles. The largest absolute Gasteiger partial charge is 0.480 e. The maximum Gasteiger partial charge on any atom is 0.326 e. The van der Waals surface area contributed by atoms with Crippen LogP contribution in [0.4, 0.5) is 4.79 Å². The lowest BCUT2D eigenvalue weighted by Gasteiger charge is -2.29. The molecule has 0 spiro atoms. The number of pyridine rings is 1. The van der Waals surface area contributed by atoms with Crippen molar-refractivity contribution < 1.29 is 14.7 Å². The zero-order valence-corrected chi connectivity index (χ0v) is 12.3. The van der Waals surface area contributed by atoms with Gasteiger partial charge in [0, 0.05) is 26.0 Å². The topological polar surface area (TPSA) is 82.5 Å². The van der Waals surface area contributed by atoms with Gasteiger partial charge in [0.15, 0.2) is 0 Å². The number of hydrogen-bond acceptors (Lipinski definition) is 3. The molecule has 1 unspecified atom stereocenters. The number of rotatable bonds is 4. The molecular formula is C14H21N3O3. The first-order chi connectivity index (χ1) is 9.21. The summed E-state index contributed by atoms with van der Waals surface area (Å²) in [5, 5.41) is 11.7. The maximum atomic E-state index is 12.0. The first kappa shape index (κ1) is 15.9. The van der Waals surface area contributed by atoms with Crippen molar-refractivity contribution in [2.24, 2.45) is 5.41 Å². The number of nitrogens with one attached hydrogen (secondary N) is 1. The van der Waals surface area contributed by atoms with Gasteiger partial charge in [0.05, 0.1) is 0 Å². The molecule has 1 heterocycles. The van der Waals surface area contributed by atoms with Crippen LogP contribution in [0.25, 0.3) is 0 Å². The van der Waals surface area contributed by atoms with Crippen LogP contribution in [-0.2, 0) is 11.3 Å². The van der Waals surface area contributed by atoms with Gasteiger partial charge in [-0.3, -0.25) is 4.98 Å². The number of hydrogen-bond donors (Lipinski definition) is 2. The maximum absolute atomic E-state index is 12.0. The molecule has 0 aromatic carbocycles. The fraction of sp³-hybridized carbons (Fsp3) is 0.500. The molecule has 0 bridgehead atoms. The molecule has 110 valence electrons. The second-order valence-corrected chi connectivity index (χ2v) is 5.80. The fourth-order valence-electron chi connectivity index (χ4n) is 1.72. The molecule has 1 atom stereocenters. The summed E-state index contributed by atoms with van der Waals surface area (Å²) in [6.45, 7) is 5.68. The third-order valence-corrected chi connectivity index (χ3v) is 2.87. The zero-order chi connectivity index (χ0) is 15.3. The summed E-state index contributed by atoms with van der Waals surface area (Å²) in [5.74, 6) is -1.04. The van der Waals surface area contributed by atoms with Crippen LogP contribution in [0.1, 0.15) is 26.3 Å². The van der Waals surface area contributed by atoms with Crippen LogP contribution in [0.3, 0.4) is 0 Å². The van der Waals surface area contributed by atoms with Crippen molar-refractivity contribution in [2.45, 2.75) is 33.4 Å². The van der Waals surface area contributed by atoms with Crippen LogP contribution < -0.4 is 5.32 Å². The van der Waals surface area contributed by atoms with E-state index in [-0.39, 0.29) is 0 Å². The summed E-state index contributed by atoms with van der Waals surface area (Å²) < 4.78 is 0. The minimum atomic E-state index is -1.04. The predicted octanol–water partition coefficient (Wildman–Crippen LogP) is 1.72. The summed E-state index contributed by atoms with van der Waals surface area (Å²) in [5.41, 5.74) is 0.323. The SMILES string of the molecule is CN(Cc1cccnc1)C(=O)NC(C(=O)O)C(C)(C)C. The molecule has 0 radical (unpaired) electrons. The summed E-state index contributed by atoms with van der Waals surface area (Å²) >= 11 is 0. The molecule has 0 fully saturated rings. The average molecular weight is 279 g/mol. The molecular weight excluding hydrogens is 258 g/mol. The van der Waals surface area contributed by atoms with Crippen molar-refractivity contribution >= 4 is 12.0 Å². The summed E-state index contributed by atoms with van der Waals surface area (Å²) in [4.78, 5) is 28.7. The van der Waals surface area contributed by atoms with Crippen LogP contribution >= 0.6 is 0 Å². The summed E-state index contributed by atoms with van der Waals surface area (Å²) in [6.07, 6.45) is 3.33. The second-order valence-electron chi connectivity index (χ2n) is 5.80. The Morgan fingerprint density at radius 2 is 2.10 bits per heavy atom. The van der Waals surface area contributed by atoms with Gasteiger partial charge < -0.3 is 15.3 Å². The molecule has 20 heavy (non-hydrogen) atoms. The summed E-state index contributed by atoms with van der Waals surface area (Å²) in [7, 11) is 1.61. The van der Waals surface area contributed by atoms with E-state index in [1.165, 1.54) is 4.90 Å². The number of urea groups is 1. The lowest BCUT2D eigenvalue weighted by Crippen LogP contribution is -2.52. The smallest absolute Gasteiger partial charge is 0.326 e. The zero-order valence-electron chi connectivity index (χ0n) is 12.3. The van der Waals surface area contributed by atoms with Gasteiger partial charge in [-0.15, -0.1) is 0 Å². The average Bonchev–Trinajstić information content (AvgIpc) is 2.34. The number of carbonyl (C=O) groups is 2. The van der Waals surface area contributed by atoms with Gasteiger partial charge in [-0.2, -0.15) is 0 Å². The third kappa shape index (κ3) is 4.53. The highest BCUT2D eigenvalue weighted by Gasteiger charge is 2.33. The van der Waals surface area contributed by atoms with Crippen LogP contribution in [0, 0.1) is 5.41 Å². The van der Waals surface area contributed by atoms with Crippen molar-refractivity contribution in [2.75, 3.05) is 7.05 Å². The van der Waals surface area contributed by atoms with Gasteiger partial charge in [0.2, 0.25) is 0 Å². The van der Waals surface area contributed by atoms with Gasteiger partial charge >= 0.3 is 12.0 Å². The third-order valence-electron chi connectivity index (χ3n) is 2.87. The van der Waals surface area contributed by atoms with E-state index in [9.17, 15) is 14.7 Å². The number of aromatic nitrogens is 1. The van der Waals surface area contributed by atoms with E-state index < -0.39 is 23.5 Å². The highest BCUT2D eigenvalue weighted by atomic mass is 16.4. The van der Waals surface area contributed by atoms with E-state index in [1.54, 1.807) is 46.3 Å². The van der Waals surface area contributed by atoms with E-state index in [0.29, 0.717) is 6.54 Å². The number of aliphatic carboxylic acids is 1. The quantitative estimate of drug-likeness (QED) is 0.879. The molecule has 2 N–H and O–H groups in total. The van der Waals surface area contributed by atoms with Crippen molar-refractivity contribution in [1.82, 2.24) is 15.2 Å². The highest BCUT2D eigenvalue weighted by Crippen LogP contribution is 2.19. The fourth-order valence-corrected chi connectivity index (χ4v) is 1.72. The van der Waals surface area contributed by atoms with Gasteiger partial charge in [-0.25, -0.2) is 9.59 Å². The molecule has 6 nitrogen and oxygen atoms in total. The Kier molecular flexibility index (Phi) is 5.07. The molecule has 0 saturated heterocycles. The first-order valence-corrected chi connectivity index (χ1v) is 6.35. The Balaban J connectivity index is 2.67. The Bertz CT molecular complexity index is 468. The van der Waals surface area contributed by atoms with Crippen molar-refractivity contribution in [1.29, 1.82) is 0 Å². The van der Waals surface area contributed by atoms with E-state index >= 15 is 0 Å². The van der Waals surface area contributed by atoms with Gasteiger partial charge in [-0.05, 0) is 17.0 Å². The van der Waals surface area contributed by atoms with Crippen LogP contribution in [0.15, 0.2) is 24.5 Å². The Labute approximate surface area is 118 Å². The lowest BCUT2D eigenvalue weighted by molar-refractivity contribution is -0.142. The monoisotopic (exact) mass is 279 g/mol. The molecule has 1 aromatic heterocycles. The van der Waals surface area contributed by atoms with E-state index in [2.05, 4.69) is 10.3 Å². The standard InChI is InChI=1S/C14H21N3O3/c1-14(2,3)11(12(18)19)16-13(20)17(4)9-10-6-5-7-15-8-10/h5-8,11H,9H2,1-4H3,(H,16,20)(H,18,19). The van der Waals surface area contributed by atoms with Crippen LogP contribution in [0.5, 0.6) is 0 Å². The first-order valence-electron chi connectivity index (χ1n) is 6.35. The van der Waals surface area contributed by atoms with Gasteiger partial charge in [-0.1, -0.05) is 26.8 Å². The van der Waals surface area contributed by atoms with Gasteiger partial charge in [0.1, 0.15) is 6.04 Å². The molecule has 1 aromatic rings. The number of nitrogens with zero attached hydrogens (tertiary/aromatic N) is 2. The van der Waals surface area contributed by atoms with E-state index in [0.717, 1.165) is 5.56 Å².